The maximum Gasteiger partial charge on any atom is 0.222 e. The summed E-state index contributed by atoms with van der Waals surface area (Å²) in [5.74, 6) is 1.38. The first-order valence-electron chi connectivity index (χ1n) is 5.41. The molecule has 1 aromatic heterocycles. The molecule has 15 heavy (non-hydrogen) atoms. The molecule has 0 bridgehead atoms. The van der Waals surface area contributed by atoms with Gasteiger partial charge < -0.3 is 5.32 Å². The van der Waals surface area contributed by atoms with Crippen LogP contribution in [0, 0.1) is 5.92 Å². The molecule has 1 atom stereocenters. The zero-order chi connectivity index (χ0) is 11.3. The number of rotatable bonds is 5. The third-order valence-electron chi connectivity index (χ3n) is 2.73. The summed E-state index contributed by atoms with van der Waals surface area (Å²) in [7, 11) is 0. The molecule has 0 aliphatic rings. The Morgan fingerprint density at radius 2 is 1.80 bits per heavy atom. The molecular weight excluding hydrogens is 254 g/mol. The van der Waals surface area contributed by atoms with Crippen LogP contribution in [-0.4, -0.2) is 16.0 Å². The van der Waals surface area contributed by atoms with Gasteiger partial charge in [0.05, 0.1) is 4.47 Å². The van der Waals surface area contributed by atoms with E-state index in [2.05, 4.69) is 52.0 Å². The van der Waals surface area contributed by atoms with Crippen LogP contribution >= 0.6 is 15.9 Å². The number of nitrogens with zero attached hydrogens (tertiary/aromatic N) is 2. The lowest BCUT2D eigenvalue weighted by molar-refractivity contribution is 0.436. The predicted molar refractivity (Wildman–Crippen MR) is 66.9 cm³/mol. The van der Waals surface area contributed by atoms with Gasteiger partial charge in [-0.25, -0.2) is 9.97 Å². The van der Waals surface area contributed by atoms with Crippen molar-refractivity contribution in [1.82, 2.24) is 9.97 Å². The second-order valence-electron chi connectivity index (χ2n) is 3.73. The van der Waals surface area contributed by atoms with Crippen LogP contribution in [0.25, 0.3) is 0 Å². The molecule has 1 unspecified atom stereocenters. The third-order valence-corrected chi connectivity index (χ3v) is 3.14. The Bertz CT molecular complexity index is 282. The van der Waals surface area contributed by atoms with Crippen molar-refractivity contribution in [3.8, 4) is 0 Å². The van der Waals surface area contributed by atoms with Gasteiger partial charge in [0.2, 0.25) is 5.95 Å². The highest BCUT2D eigenvalue weighted by Crippen LogP contribution is 2.16. The molecule has 1 heterocycles. The van der Waals surface area contributed by atoms with Gasteiger partial charge in [-0.3, -0.25) is 0 Å². The van der Waals surface area contributed by atoms with Crippen LogP contribution in [-0.2, 0) is 0 Å². The first-order chi connectivity index (χ1) is 7.17. The number of halogens is 1. The fourth-order valence-electron chi connectivity index (χ4n) is 1.70. The van der Waals surface area contributed by atoms with Crippen LogP contribution < -0.4 is 5.32 Å². The largest absolute Gasteiger partial charge is 0.351 e. The van der Waals surface area contributed by atoms with E-state index >= 15 is 0 Å². The van der Waals surface area contributed by atoms with Gasteiger partial charge in [-0.05, 0) is 28.8 Å². The van der Waals surface area contributed by atoms with Gasteiger partial charge >= 0.3 is 0 Å². The molecule has 0 saturated heterocycles. The van der Waals surface area contributed by atoms with Crippen molar-refractivity contribution in [3.05, 3.63) is 16.9 Å². The van der Waals surface area contributed by atoms with Crippen LogP contribution in [0.2, 0.25) is 0 Å². The van der Waals surface area contributed by atoms with Crippen LogP contribution in [0.15, 0.2) is 16.9 Å². The summed E-state index contributed by atoms with van der Waals surface area (Å²) in [6.45, 7) is 6.62. The summed E-state index contributed by atoms with van der Waals surface area (Å²) >= 11 is 3.32. The van der Waals surface area contributed by atoms with Crippen molar-refractivity contribution in [2.24, 2.45) is 5.92 Å². The lowest BCUT2D eigenvalue weighted by Gasteiger charge is -2.22. The molecule has 0 radical (unpaired) electrons. The molecule has 1 aromatic rings. The minimum atomic E-state index is 0.418. The van der Waals surface area contributed by atoms with E-state index in [1.165, 1.54) is 12.8 Å². The van der Waals surface area contributed by atoms with E-state index in [1.54, 1.807) is 12.4 Å². The molecule has 0 aliphatic heterocycles. The average molecular weight is 272 g/mol. The highest BCUT2D eigenvalue weighted by atomic mass is 79.9. The highest BCUT2D eigenvalue weighted by molar-refractivity contribution is 9.10. The zero-order valence-electron chi connectivity index (χ0n) is 9.50. The number of hydrogen-bond donors (Lipinski definition) is 1. The molecule has 1 N–H and O–H groups in total. The minimum Gasteiger partial charge on any atom is -0.351 e. The Morgan fingerprint density at radius 3 is 2.27 bits per heavy atom. The number of anilines is 1. The van der Waals surface area contributed by atoms with Gasteiger partial charge in [0, 0.05) is 18.4 Å². The maximum atomic E-state index is 4.20. The lowest BCUT2D eigenvalue weighted by Crippen LogP contribution is -2.25. The van der Waals surface area contributed by atoms with E-state index in [0.29, 0.717) is 17.9 Å². The normalized spacial score (nSPS) is 12.9. The first-order valence-corrected chi connectivity index (χ1v) is 6.20. The topological polar surface area (TPSA) is 37.8 Å². The van der Waals surface area contributed by atoms with Gasteiger partial charge in [0.25, 0.3) is 0 Å². The summed E-state index contributed by atoms with van der Waals surface area (Å²) in [5, 5.41) is 3.33. The quantitative estimate of drug-likeness (QED) is 0.891. The fraction of sp³-hybridized carbons (Fsp3) is 0.636. The summed E-state index contributed by atoms with van der Waals surface area (Å²) < 4.78 is 0.906. The summed E-state index contributed by atoms with van der Waals surface area (Å²) in [5.41, 5.74) is 0. The molecule has 0 amide bonds. The second kappa shape index (κ2) is 6.05. The average Bonchev–Trinajstić information content (AvgIpc) is 2.23. The zero-order valence-corrected chi connectivity index (χ0v) is 11.1. The molecule has 0 fully saturated rings. The Balaban J connectivity index is 2.57. The molecule has 0 saturated carbocycles. The monoisotopic (exact) mass is 271 g/mol. The minimum absolute atomic E-state index is 0.418. The van der Waals surface area contributed by atoms with Gasteiger partial charge in [0.1, 0.15) is 0 Å². The van der Waals surface area contributed by atoms with Gasteiger partial charge in [0.15, 0.2) is 0 Å². The third kappa shape index (κ3) is 3.78. The molecule has 3 nitrogen and oxygen atoms in total. The van der Waals surface area contributed by atoms with E-state index < -0.39 is 0 Å². The van der Waals surface area contributed by atoms with Crippen molar-refractivity contribution in [2.75, 3.05) is 5.32 Å². The van der Waals surface area contributed by atoms with E-state index in [0.717, 1.165) is 4.47 Å². The van der Waals surface area contributed by atoms with E-state index in [-0.39, 0.29) is 0 Å². The van der Waals surface area contributed by atoms with Crippen LogP contribution in [0.4, 0.5) is 5.95 Å². The van der Waals surface area contributed by atoms with Crippen LogP contribution in [0.1, 0.15) is 33.6 Å². The summed E-state index contributed by atoms with van der Waals surface area (Å²) in [6, 6.07) is 0.418. The van der Waals surface area contributed by atoms with Crippen LogP contribution in [0.5, 0.6) is 0 Å². The first kappa shape index (κ1) is 12.4. The van der Waals surface area contributed by atoms with E-state index in [9.17, 15) is 0 Å². The van der Waals surface area contributed by atoms with Crippen molar-refractivity contribution in [3.63, 3.8) is 0 Å². The van der Waals surface area contributed by atoms with Crippen molar-refractivity contribution < 1.29 is 0 Å². The van der Waals surface area contributed by atoms with E-state index in [1.807, 2.05) is 0 Å². The standard InChI is InChI=1S/C11H18BrN3/c1-4-9(5-2)8(3)15-11-13-6-10(12)7-14-11/h6-9H,4-5H2,1-3H3,(H,13,14,15). The van der Waals surface area contributed by atoms with Crippen molar-refractivity contribution >= 4 is 21.9 Å². The SMILES string of the molecule is CCC(CC)C(C)Nc1ncc(Br)cn1. The van der Waals surface area contributed by atoms with Crippen LogP contribution in [0.3, 0.4) is 0 Å². The van der Waals surface area contributed by atoms with Crippen molar-refractivity contribution in [1.29, 1.82) is 0 Å². The molecular formula is C11H18BrN3. The molecule has 0 aromatic carbocycles. The predicted octanol–water partition coefficient (Wildman–Crippen LogP) is 3.48. The van der Waals surface area contributed by atoms with Crippen molar-refractivity contribution in [2.45, 2.75) is 39.7 Å². The maximum absolute atomic E-state index is 4.20. The molecule has 84 valence electrons. The Hall–Kier alpha value is -0.640. The highest BCUT2D eigenvalue weighted by Gasteiger charge is 2.13. The molecule has 1 rings (SSSR count). The smallest absolute Gasteiger partial charge is 0.222 e. The number of hydrogen-bond acceptors (Lipinski definition) is 3. The Morgan fingerprint density at radius 1 is 1.27 bits per heavy atom. The molecule has 4 heteroatoms. The Kier molecular flexibility index (Phi) is 5.02. The Labute approximate surface area is 99.8 Å². The molecule has 0 spiro atoms. The molecule has 0 aliphatic carbocycles. The fourth-order valence-corrected chi connectivity index (χ4v) is 1.91. The van der Waals surface area contributed by atoms with Gasteiger partial charge in [-0.2, -0.15) is 0 Å². The number of aromatic nitrogens is 2. The van der Waals surface area contributed by atoms with Gasteiger partial charge in [-0.15, -0.1) is 0 Å². The summed E-state index contributed by atoms with van der Waals surface area (Å²) in [4.78, 5) is 8.40. The second-order valence-corrected chi connectivity index (χ2v) is 4.65. The lowest BCUT2D eigenvalue weighted by atomic mass is 9.96. The van der Waals surface area contributed by atoms with Gasteiger partial charge in [-0.1, -0.05) is 26.7 Å². The summed E-state index contributed by atoms with van der Waals surface area (Å²) in [6.07, 6.45) is 5.88. The number of nitrogens with one attached hydrogen (secondary N) is 1. The van der Waals surface area contributed by atoms with E-state index in [4.69, 9.17) is 0 Å².